The van der Waals surface area contributed by atoms with Crippen molar-refractivity contribution in [2.75, 3.05) is 26.4 Å². The van der Waals surface area contributed by atoms with E-state index in [1.54, 1.807) is 0 Å². The molecule has 0 aliphatic carbocycles. The Hall–Kier alpha value is -0.160. The first kappa shape index (κ1) is 22.1. The van der Waals surface area contributed by atoms with Crippen LogP contribution in [0.5, 0.6) is 0 Å². The van der Waals surface area contributed by atoms with Gasteiger partial charge in [0.25, 0.3) is 0 Å². The summed E-state index contributed by atoms with van der Waals surface area (Å²) in [5.41, 5.74) is 0. The number of rotatable bonds is 12. The molecule has 0 heterocycles. The summed E-state index contributed by atoms with van der Waals surface area (Å²) in [5.74, 6) is 0. The Morgan fingerprint density at radius 2 is 1.20 bits per heavy atom. The fraction of sp³-hybridized carbons (Fsp3) is 1.00. The van der Waals surface area contributed by atoms with Crippen molar-refractivity contribution in [2.45, 2.75) is 78.4 Å². The molecule has 0 bridgehead atoms. The number of ether oxygens (including phenoxy) is 2. The van der Waals surface area contributed by atoms with Gasteiger partial charge >= 0.3 is 0 Å². The number of hydrogen-bond donors (Lipinski definition) is 2. The van der Waals surface area contributed by atoms with Crippen LogP contribution >= 0.6 is 0 Å². The molecule has 2 atom stereocenters. The van der Waals surface area contributed by atoms with Gasteiger partial charge in [0, 0.05) is 0 Å². The molecule has 0 aliphatic rings. The highest BCUT2D eigenvalue weighted by molar-refractivity contribution is 4.56. The van der Waals surface area contributed by atoms with Crippen molar-refractivity contribution in [3.8, 4) is 0 Å². The lowest BCUT2D eigenvalue weighted by molar-refractivity contribution is -0.00188. The Balaban J connectivity index is 0. The van der Waals surface area contributed by atoms with Crippen LogP contribution in [0.25, 0.3) is 0 Å². The van der Waals surface area contributed by atoms with Crippen LogP contribution in [0, 0.1) is 0 Å². The van der Waals surface area contributed by atoms with E-state index in [1.165, 1.54) is 38.5 Å². The molecule has 20 heavy (non-hydrogen) atoms. The van der Waals surface area contributed by atoms with Gasteiger partial charge in [-0.2, -0.15) is 0 Å². The Labute approximate surface area is 125 Å². The lowest BCUT2D eigenvalue weighted by Gasteiger charge is -2.18. The molecule has 2 N–H and O–H groups in total. The highest BCUT2D eigenvalue weighted by Crippen LogP contribution is 2.10. The lowest BCUT2D eigenvalue weighted by Crippen LogP contribution is -2.16. The third kappa shape index (κ3) is 20.2. The first-order valence-electron chi connectivity index (χ1n) is 8.07. The second-order valence-corrected chi connectivity index (χ2v) is 5.10. The highest BCUT2D eigenvalue weighted by atomic mass is 16.5. The number of aliphatic hydroxyl groups excluding tert-OH is 2. The summed E-state index contributed by atoms with van der Waals surface area (Å²) in [6.45, 7) is 9.54. The summed E-state index contributed by atoms with van der Waals surface area (Å²) < 4.78 is 10.5. The summed E-state index contributed by atoms with van der Waals surface area (Å²) in [6, 6.07) is 0. The van der Waals surface area contributed by atoms with Crippen LogP contribution in [0.1, 0.15) is 66.2 Å². The number of hydrogen-bond acceptors (Lipinski definition) is 4. The summed E-state index contributed by atoms with van der Waals surface area (Å²) in [7, 11) is 0. The van der Waals surface area contributed by atoms with Crippen LogP contribution in [0.15, 0.2) is 0 Å². The summed E-state index contributed by atoms with van der Waals surface area (Å²) in [6.07, 6.45) is 8.47. The van der Waals surface area contributed by atoms with Crippen molar-refractivity contribution < 1.29 is 19.7 Å². The maximum Gasteiger partial charge on any atom is 0.0698 e. The Bertz CT molecular complexity index is 149. The molecule has 0 fully saturated rings. The van der Waals surface area contributed by atoms with Crippen molar-refractivity contribution in [1.82, 2.24) is 0 Å². The summed E-state index contributed by atoms with van der Waals surface area (Å²) in [5, 5.41) is 16.2. The van der Waals surface area contributed by atoms with Crippen molar-refractivity contribution in [2.24, 2.45) is 0 Å². The molecule has 0 aromatic rings. The maximum absolute atomic E-state index is 8.09. The zero-order valence-electron chi connectivity index (χ0n) is 13.9. The van der Waals surface area contributed by atoms with Gasteiger partial charge < -0.3 is 19.7 Å². The van der Waals surface area contributed by atoms with Crippen LogP contribution in [0.4, 0.5) is 0 Å². The SMILES string of the molecule is CCCCC(C)OC(C)CCCC.OCCOCCO. The van der Waals surface area contributed by atoms with E-state index in [0.717, 1.165) is 0 Å². The molecule has 2 unspecified atom stereocenters. The average Bonchev–Trinajstić information content (AvgIpc) is 2.44. The normalized spacial score (nSPS) is 13.5. The molecule has 4 heteroatoms. The second kappa shape index (κ2) is 18.8. The topological polar surface area (TPSA) is 58.9 Å². The molecule has 0 aliphatic heterocycles. The van der Waals surface area contributed by atoms with Gasteiger partial charge in [-0.05, 0) is 26.7 Å². The second-order valence-electron chi connectivity index (χ2n) is 5.10. The van der Waals surface area contributed by atoms with Crippen molar-refractivity contribution in [3.63, 3.8) is 0 Å². The van der Waals surface area contributed by atoms with Crippen molar-refractivity contribution in [1.29, 1.82) is 0 Å². The molecule has 0 aromatic carbocycles. The highest BCUT2D eigenvalue weighted by Gasteiger charge is 2.07. The van der Waals surface area contributed by atoms with E-state index in [1.807, 2.05) is 0 Å². The third-order valence-electron chi connectivity index (χ3n) is 2.86. The monoisotopic (exact) mass is 292 g/mol. The maximum atomic E-state index is 8.09. The van der Waals surface area contributed by atoms with Crippen LogP contribution in [-0.2, 0) is 9.47 Å². The molecule has 0 saturated heterocycles. The molecule has 0 rings (SSSR count). The largest absolute Gasteiger partial charge is 0.394 e. The summed E-state index contributed by atoms with van der Waals surface area (Å²) >= 11 is 0. The van der Waals surface area contributed by atoms with E-state index < -0.39 is 0 Å². The average molecular weight is 292 g/mol. The van der Waals surface area contributed by atoms with Crippen LogP contribution in [-0.4, -0.2) is 48.8 Å². The standard InChI is InChI=1S/C12H26O.C4H10O3/c1-5-7-9-11(3)13-12(4)10-8-6-2;5-1-3-7-4-2-6/h11-12H,5-10H2,1-4H3;5-6H,1-4H2. The zero-order valence-corrected chi connectivity index (χ0v) is 13.9. The molecule has 0 saturated carbocycles. The smallest absolute Gasteiger partial charge is 0.0698 e. The fourth-order valence-corrected chi connectivity index (χ4v) is 1.75. The van der Waals surface area contributed by atoms with Gasteiger partial charge in [0.15, 0.2) is 0 Å². The Morgan fingerprint density at radius 1 is 0.800 bits per heavy atom. The van der Waals surface area contributed by atoms with E-state index in [2.05, 4.69) is 32.4 Å². The van der Waals surface area contributed by atoms with E-state index in [-0.39, 0.29) is 13.2 Å². The molecule has 124 valence electrons. The summed E-state index contributed by atoms with van der Waals surface area (Å²) in [4.78, 5) is 0. The molecule has 0 amide bonds. The van der Waals surface area contributed by atoms with Crippen molar-refractivity contribution >= 4 is 0 Å². The predicted octanol–water partition coefficient (Wildman–Crippen LogP) is 3.15. The first-order valence-corrected chi connectivity index (χ1v) is 8.07. The minimum absolute atomic E-state index is 0.0278. The molecule has 0 spiro atoms. The number of aliphatic hydroxyl groups is 2. The lowest BCUT2D eigenvalue weighted by atomic mass is 10.1. The van der Waals surface area contributed by atoms with Gasteiger partial charge in [-0.15, -0.1) is 0 Å². The minimum atomic E-state index is 0.0278. The first-order chi connectivity index (χ1) is 9.62. The molecular weight excluding hydrogens is 256 g/mol. The van der Waals surface area contributed by atoms with Gasteiger partial charge in [0.2, 0.25) is 0 Å². The van der Waals surface area contributed by atoms with Crippen LogP contribution in [0.3, 0.4) is 0 Å². The van der Waals surface area contributed by atoms with Crippen LogP contribution in [0.2, 0.25) is 0 Å². The Morgan fingerprint density at radius 3 is 1.50 bits per heavy atom. The van der Waals surface area contributed by atoms with E-state index in [4.69, 9.17) is 14.9 Å². The fourth-order valence-electron chi connectivity index (χ4n) is 1.75. The molecular formula is C16H36O4. The van der Waals surface area contributed by atoms with Gasteiger partial charge in [-0.3, -0.25) is 0 Å². The van der Waals surface area contributed by atoms with Gasteiger partial charge in [0.1, 0.15) is 0 Å². The quantitative estimate of drug-likeness (QED) is 0.543. The molecule has 4 nitrogen and oxygen atoms in total. The number of unbranched alkanes of at least 4 members (excludes halogenated alkanes) is 2. The van der Waals surface area contributed by atoms with Gasteiger partial charge in [0.05, 0.1) is 38.6 Å². The zero-order chi connectivity index (χ0) is 15.6. The van der Waals surface area contributed by atoms with Gasteiger partial charge in [-0.1, -0.05) is 39.5 Å². The van der Waals surface area contributed by atoms with E-state index >= 15 is 0 Å². The van der Waals surface area contributed by atoms with E-state index in [9.17, 15) is 0 Å². The van der Waals surface area contributed by atoms with Crippen molar-refractivity contribution in [3.05, 3.63) is 0 Å². The van der Waals surface area contributed by atoms with E-state index in [0.29, 0.717) is 25.4 Å². The van der Waals surface area contributed by atoms with Gasteiger partial charge in [-0.25, -0.2) is 0 Å². The minimum Gasteiger partial charge on any atom is -0.394 e. The Kier molecular flexibility index (Phi) is 20.8. The predicted molar refractivity (Wildman–Crippen MR) is 84.0 cm³/mol. The third-order valence-corrected chi connectivity index (χ3v) is 2.86. The molecule has 0 radical (unpaired) electrons. The van der Waals surface area contributed by atoms with Crippen LogP contribution < -0.4 is 0 Å². The molecule has 0 aromatic heterocycles.